The molecule has 2 unspecified atom stereocenters. The van der Waals surface area contributed by atoms with Gasteiger partial charge in [0.05, 0.1) is 0 Å². The molecule has 0 amide bonds. The predicted molar refractivity (Wildman–Crippen MR) is 159 cm³/mol. The second kappa shape index (κ2) is 11.6. The van der Waals surface area contributed by atoms with Crippen LogP contribution in [0.2, 0.25) is 13.1 Å². The summed E-state index contributed by atoms with van der Waals surface area (Å²) in [4.78, 5) is 0. The maximum Gasteiger partial charge on any atom is -0.147 e. The van der Waals surface area contributed by atoms with Gasteiger partial charge in [-0.1, -0.05) is 0 Å². The molecule has 4 heteroatoms. The number of halogens is 2. The molecule has 0 spiro atoms. The Balaban J connectivity index is 0.00000152. The zero-order valence-electron chi connectivity index (χ0n) is 20.5. The summed E-state index contributed by atoms with van der Waals surface area (Å²) >= 11 is -2.14. The first-order valence-corrected chi connectivity index (χ1v) is 24.2. The summed E-state index contributed by atoms with van der Waals surface area (Å²) in [6, 6.07) is 35.8. The first-order valence-electron chi connectivity index (χ1n) is 12.1. The molecule has 2 aliphatic carbocycles. The Hall–Kier alpha value is -1.97. The van der Waals surface area contributed by atoms with Crippen LogP contribution in [0.4, 0.5) is 0 Å². The van der Waals surface area contributed by atoms with Crippen molar-refractivity contribution in [2.75, 3.05) is 0 Å². The topological polar surface area (TPSA) is 0 Å². The second-order valence-electron chi connectivity index (χ2n) is 9.48. The van der Waals surface area contributed by atoms with Crippen molar-refractivity contribution in [3.8, 4) is 22.3 Å². The molecule has 2 aliphatic rings. The van der Waals surface area contributed by atoms with E-state index in [2.05, 4.69) is 134 Å². The van der Waals surface area contributed by atoms with Gasteiger partial charge in [0, 0.05) is 0 Å². The van der Waals surface area contributed by atoms with Gasteiger partial charge in [-0.3, -0.25) is 0 Å². The van der Waals surface area contributed by atoms with E-state index < -0.39 is 20.1 Å². The molecule has 0 bridgehead atoms. The molecule has 0 fully saturated rings. The number of rotatable bonds is 4. The van der Waals surface area contributed by atoms with Crippen molar-refractivity contribution in [2.45, 2.75) is 20.4 Å². The van der Waals surface area contributed by atoms with Gasteiger partial charge in [-0.05, 0) is 0 Å². The summed E-state index contributed by atoms with van der Waals surface area (Å²) in [5.41, 5.74) is 11.2. The Bertz CT molecular complexity index is 1360. The number of allylic oxidation sites excluding steroid dienone is 2. The van der Waals surface area contributed by atoms with Crippen LogP contribution in [0.15, 0.2) is 109 Å². The van der Waals surface area contributed by atoms with Gasteiger partial charge in [-0.2, -0.15) is 0 Å². The van der Waals surface area contributed by atoms with Crippen LogP contribution >= 0.6 is 24.8 Å². The van der Waals surface area contributed by atoms with E-state index in [1.165, 1.54) is 33.4 Å². The molecule has 6 rings (SSSR count). The van der Waals surface area contributed by atoms with Gasteiger partial charge in [0.25, 0.3) is 0 Å². The van der Waals surface area contributed by atoms with E-state index in [0.29, 0.717) is 7.35 Å². The van der Waals surface area contributed by atoms with Gasteiger partial charge >= 0.3 is 212 Å². The fraction of sp³-hybridized carbons (Fsp3) is 0.125. The van der Waals surface area contributed by atoms with E-state index in [1.54, 1.807) is 11.1 Å². The fourth-order valence-electron chi connectivity index (χ4n) is 5.77. The maximum absolute atomic E-state index is 2.59. The Morgan fingerprint density at radius 3 is 1.33 bits per heavy atom. The zero-order chi connectivity index (χ0) is 23.1. The Kier molecular flexibility index (Phi) is 8.73. The molecular weight excluding hydrogens is 662 g/mol. The van der Waals surface area contributed by atoms with Crippen molar-refractivity contribution in [2.24, 2.45) is 0 Å². The Labute approximate surface area is 235 Å². The number of hydrogen-bond acceptors (Lipinski definition) is 0. The van der Waals surface area contributed by atoms with Crippen molar-refractivity contribution >= 4 is 42.5 Å². The molecule has 36 heavy (non-hydrogen) atoms. The van der Waals surface area contributed by atoms with E-state index in [0.717, 1.165) is 0 Å². The van der Waals surface area contributed by atoms with Crippen LogP contribution in [0.25, 0.3) is 34.4 Å². The molecule has 2 atom stereocenters. The van der Waals surface area contributed by atoms with E-state index in [1.807, 2.05) is 0 Å². The third-order valence-electron chi connectivity index (χ3n) is 7.28. The number of hydrogen-bond donors (Lipinski definition) is 0. The summed E-state index contributed by atoms with van der Waals surface area (Å²) in [7, 11) is 0. The van der Waals surface area contributed by atoms with Crippen molar-refractivity contribution < 1.29 is 20.1 Å². The summed E-state index contributed by atoms with van der Waals surface area (Å²) in [6.07, 6.45) is 10.1. The molecule has 0 heterocycles. The normalized spacial score (nSPS) is 16.5. The van der Waals surface area contributed by atoms with Crippen molar-refractivity contribution in [1.82, 2.24) is 0 Å². The summed E-state index contributed by atoms with van der Waals surface area (Å²) in [6.45, 7) is 5.18. The van der Waals surface area contributed by atoms with Gasteiger partial charge in [0.2, 0.25) is 0 Å². The van der Waals surface area contributed by atoms with Crippen LogP contribution in [0.1, 0.15) is 29.6 Å². The largest absolute Gasteiger partial charge is 0.147 e. The average Bonchev–Trinajstić information content (AvgIpc) is 3.50. The zero-order valence-corrected chi connectivity index (χ0v) is 26.7. The third kappa shape index (κ3) is 4.81. The maximum atomic E-state index is 2.59. The minimum Gasteiger partial charge on any atom is -0.147 e. The molecular formula is C32H30Cl2HfSi. The average molecular weight is 692 g/mol. The number of fused-ring (bicyclic) bond motifs is 2. The van der Waals surface area contributed by atoms with Gasteiger partial charge < -0.3 is 0 Å². The van der Waals surface area contributed by atoms with E-state index in [4.69, 9.17) is 0 Å². The monoisotopic (exact) mass is 692 g/mol. The van der Waals surface area contributed by atoms with Gasteiger partial charge in [0.1, 0.15) is 0 Å². The van der Waals surface area contributed by atoms with Gasteiger partial charge in [-0.15, -0.1) is 24.8 Å². The standard InChI is InChI=1S/2C15H11.C2H6Si.2ClH.Hf/c2*1-2-6-12(7-3-1)14-10-4-8-13-9-5-11-15(13)14;1-3-2;;;/h2*1-11H;1-2H3;2*1H;. The molecule has 4 aromatic rings. The van der Waals surface area contributed by atoms with E-state index in [-0.39, 0.29) is 30.3 Å². The summed E-state index contributed by atoms with van der Waals surface area (Å²) in [5.74, 6) is 0. The Morgan fingerprint density at radius 1 is 0.528 bits per heavy atom. The fourth-order valence-corrected chi connectivity index (χ4v) is 32.3. The number of benzene rings is 4. The van der Waals surface area contributed by atoms with Crippen LogP contribution < -0.4 is 0 Å². The van der Waals surface area contributed by atoms with E-state index >= 15 is 0 Å². The Morgan fingerprint density at radius 2 is 0.944 bits per heavy atom. The SMILES string of the molecule is C[Si](C)=[Hf]([CH]1C=Cc2c(-c3ccccc3)cccc21)[CH]1C=Cc2c(-c3ccccc3)cccc21.Cl.Cl. The van der Waals surface area contributed by atoms with Crippen molar-refractivity contribution in [3.63, 3.8) is 0 Å². The van der Waals surface area contributed by atoms with Crippen molar-refractivity contribution in [1.29, 1.82) is 0 Å². The molecule has 0 aliphatic heterocycles. The van der Waals surface area contributed by atoms with Crippen LogP contribution in [0.5, 0.6) is 0 Å². The first-order chi connectivity index (χ1) is 16.7. The van der Waals surface area contributed by atoms with Gasteiger partial charge in [-0.25, -0.2) is 0 Å². The van der Waals surface area contributed by atoms with Gasteiger partial charge in [0.15, 0.2) is 0 Å². The third-order valence-corrected chi connectivity index (χ3v) is 34.4. The van der Waals surface area contributed by atoms with Crippen LogP contribution in [0.3, 0.4) is 0 Å². The molecule has 0 nitrogen and oxygen atoms in total. The molecule has 0 N–H and O–H groups in total. The van der Waals surface area contributed by atoms with Crippen LogP contribution in [0, 0.1) is 0 Å². The molecule has 0 saturated heterocycles. The minimum atomic E-state index is -2.14. The molecule has 0 aromatic heterocycles. The predicted octanol–water partition coefficient (Wildman–Crippen LogP) is 9.57. The smallest absolute Gasteiger partial charge is 0.147 e. The molecule has 0 saturated carbocycles. The molecule has 4 aromatic carbocycles. The van der Waals surface area contributed by atoms with Crippen LogP contribution in [-0.2, 0) is 20.1 Å². The minimum absolute atomic E-state index is 0. The molecule has 180 valence electrons. The van der Waals surface area contributed by atoms with Crippen molar-refractivity contribution in [3.05, 3.63) is 131 Å². The second-order valence-corrected chi connectivity index (χ2v) is 34.7. The first kappa shape index (κ1) is 27.1. The van der Waals surface area contributed by atoms with Crippen LogP contribution in [-0.4, -0.2) is 5.49 Å². The summed E-state index contributed by atoms with van der Waals surface area (Å²) in [5, 5.41) is 0. The summed E-state index contributed by atoms with van der Waals surface area (Å²) < 4.78 is 1.35. The quantitative estimate of drug-likeness (QED) is 0.187. The molecule has 0 radical (unpaired) electrons. The van der Waals surface area contributed by atoms with E-state index in [9.17, 15) is 0 Å².